The number of hydrogen-bond acceptors (Lipinski definition) is 4. The van der Waals surface area contributed by atoms with Gasteiger partial charge in [0.25, 0.3) is 0 Å². The van der Waals surface area contributed by atoms with E-state index in [2.05, 4.69) is 36.4 Å². The number of rotatable bonds is 6. The Balaban J connectivity index is 0.00000280. The van der Waals surface area contributed by atoms with Crippen LogP contribution in [0.2, 0.25) is 0 Å². The van der Waals surface area contributed by atoms with Crippen LogP contribution in [0.3, 0.4) is 0 Å². The molecule has 1 fully saturated rings. The van der Waals surface area contributed by atoms with Gasteiger partial charge < -0.3 is 19.5 Å². The van der Waals surface area contributed by atoms with Gasteiger partial charge in [0.15, 0.2) is 5.96 Å². The number of nitrogens with one attached hydrogen (secondary N) is 2. The average molecular weight is 500 g/mol. The first-order valence-corrected chi connectivity index (χ1v) is 10.0. The van der Waals surface area contributed by atoms with E-state index in [1.165, 1.54) is 32.1 Å². The summed E-state index contributed by atoms with van der Waals surface area (Å²) < 4.78 is 11.3. The van der Waals surface area contributed by atoms with Crippen LogP contribution in [-0.2, 0) is 18.4 Å². The fraction of sp³-hybridized carbons (Fsp3) is 0.619. The maximum absolute atomic E-state index is 5.86. The Labute approximate surface area is 185 Å². The molecular weight excluding hydrogens is 467 g/mol. The summed E-state index contributed by atoms with van der Waals surface area (Å²) in [6, 6.07) is 4.40. The Hall–Kier alpha value is -1.51. The van der Waals surface area contributed by atoms with Gasteiger partial charge in [0.1, 0.15) is 18.1 Å². The fourth-order valence-electron chi connectivity index (χ4n) is 3.23. The molecule has 0 saturated heterocycles. The van der Waals surface area contributed by atoms with Crippen LogP contribution in [0.5, 0.6) is 0 Å². The Kier molecular flexibility index (Phi) is 8.85. The van der Waals surface area contributed by atoms with Gasteiger partial charge in [0.05, 0.1) is 12.5 Å². The van der Waals surface area contributed by atoms with Crippen molar-refractivity contribution in [1.82, 2.24) is 15.6 Å². The van der Waals surface area contributed by atoms with Crippen molar-refractivity contribution in [3.8, 4) is 0 Å². The maximum Gasteiger partial charge on any atom is 0.216 e. The van der Waals surface area contributed by atoms with Gasteiger partial charge >= 0.3 is 0 Å². The summed E-state index contributed by atoms with van der Waals surface area (Å²) in [5.41, 5.74) is -0.0422. The number of nitrogens with zero attached hydrogens (tertiary/aromatic N) is 2. The molecule has 0 aliphatic heterocycles. The number of hydrogen-bond donors (Lipinski definition) is 2. The van der Waals surface area contributed by atoms with Gasteiger partial charge in [-0.15, -0.1) is 24.0 Å². The summed E-state index contributed by atoms with van der Waals surface area (Å²) >= 11 is 0. The molecule has 2 N–H and O–H groups in total. The smallest absolute Gasteiger partial charge is 0.216 e. The van der Waals surface area contributed by atoms with Crippen molar-refractivity contribution >= 4 is 29.9 Å². The average Bonchev–Trinajstić information content (AvgIpc) is 3.32. The van der Waals surface area contributed by atoms with Crippen molar-refractivity contribution < 1.29 is 8.83 Å². The summed E-state index contributed by atoms with van der Waals surface area (Å²) in [5, 5.41) is 7.00. The number of furan rings is 1. The van der Waals surface area contributed by atoms with Crippen molar-refractivity contribution in [2.75, 3.05) is 6.54 Å². The van der Waals surface area contributed by atoms with Crippen LogP contribution in [0.15, 0.2) is 38.4 Å². The van der Waals surface area contributed by atoms with Gasteiger partial charge in [-0.3, -0.25) is 0 Å². The number of halogens is 1. The van der Waals surface area contributed by atoms with Crippen LogP contribution in [0.4, 0.5) is 0 Å². The van der Waals surface area contributed by atoms with Crippen molar-refractivity contribution in [1.29, 1.82) is 0 Å². The molecule has 1 saturated carbocycles. The molecule has 28 heavy (non-hydrogen) atoms. The third-order valence-corrected chi connectivity index (χ3v) is 4.86. The molecule has 0 bridgehead atoms. The van der Waals surface area contributed by atoms with Gasteiger partial charge in [-0.2, -0.15) is 0 Å². The SMILES string of the molecule is CC(C)(C)c1cnc(CN=C(NCCc2ccco2)NC2CCCCC2)o1.I. The molecule has 2 heterocycles. The van der Waals surface area contributed by atoms with Crippen molar-refractivity contribution in [3.05, 3.63) is 42.0 Å². The Morgan fingerprint density at radius 2 is 2.04 bits per heavy atom. The zero-order chi connectivity index (χ0) is 19.1. The van der Waals surface area contributed by atoms with Crippen molar-refractivity contribution in [2.45, 2.75) is 77.3 Å². The second kappa shape index (κ2) is 10.9. The summed E-state index contributed by atoms with van der Waals surface area (Å²) in [4.78, 5) is 9.09. The molecule has 0 radical (unpaired) electrons. The third-order valence-electron chi connectivity index (χ3n) is 4.86. The molecule has 156 valence electrons. The lowest BCUT2D eigenvalue weighted by Gasteiger charge is -2.25. The van der Waals surface area contributed by atoms with Gasteiger partial charge in [0, 0.05) is 24.4 Å². The molecule has 0 spiro atoms. The molecule has 3 rings (SSSR count). The summed E-state index contributed by atoms with van der Waals surface area (Å²) in [6.07, 6.45) is 10.6. The maximum atomic E-state index is 5.86. The first-order chi connectivity index (χ1) is 13.0. The second-order valence-electron chi connectivity index (χ2n) is 8.27. The molecule has 0 amide bonds. The normalized spacial score (nSPS) is 15.9. The van der Waals surface area contributed by atoms with Crippen molar-refractivity contribution in [2.24, 2.45) is 4.99 Å². The first kappa shape index (κ1) is 22.8. The molecule has 6 nitrogen and oxygen atoms in total. The lowest BCUT2D eigenvalue weighted by atomic mass is 9.94. The highest BCUT2D eigenvalue weighted by Crippen LogP contribution is 2.23. The second-order valence-corrected chi connectivity index (χ2v) is 8.27. The van der Waals surface area contributed by atoms with Crippen LogP contribution < -0.4 is 10.6 Å². The third kappa shape index (κ3) is 7.14. The molecule has 1 aliphatic carbocycles. The van der Waals surface area contributed by atoms with E-state index in [1.807, 2.05) is 18.3 Å². The lowest BCUT2D eigenvalue weighted by molar-refractivity contribution is 0.382. The summed E-state index contributed by atoms with van der Waals surface area (Å²) in [5.74, 6) is 3.34. The van der Waals surface area contributed by atoms with E-state index < -0.39 is 0 Å². The van der Waals surface area contributed by atoms with E-state index in [-0.39, 0.29) is 29.4 Å². The summed E-state index contributed by atoms with van der Waals surface area (Å²) in [6.45, 7) is 7.55. The Morgan fingerprint density at radius 1 is 1.25 bits per heavy atom. The number of aliphatic imine (C=N–C) groups is 1. The standard InChI is InChI=1S/C21H32N4O2.HI/c1-21(2,3)18-14-23-19(27-18)15-24-20(25-16-8-5-4-6-9-16)22-12-11-17-10-7-13-26-17;/h7,10,13-14,16H,4-6,8-9,11-12,15H2,1-3H3,(H2,22,24,25);1H. The lowest BCUT2D eigenvalue weighted by Crippen LogP contribution is -2.44. The highest BCUT2D eigenvalue weighted by Gasteiger charge is 2.19. The minimum Gasteiger partial charge on any atom is -0.469 e. The van der Waals surface area contributed by atoms with E-state index in [0.717, 1.165) is 30.4 Å². The number of guanidine groups is 1. The van der Waals surface area contributed by atoms with Gasteiger partial charge in [-0.25, -0.2) is 9.98 Å². The number of oxazole rings is 1. The van der Waals surface area contributed by atoms with Crippen molar-refractivity contribution in [3.63, 3.8) is 0 Å². The zero-order valence-corrected chi connectivity index (χ0v) is 19.5. The highest BCUT2D eigenvalue weighted by atomic mass is 127. The number of aromatic nitrogens is 1. The van der Waals surface area contributed by atoms with Crippen LogP contribution in [-0.4, -0.2) is 23.5 Å². The molecular formula is C21H33IN4O2. The van der Waals surface area contributed by atoms with Gasteiger partial charge in [-0.1, -0.05) is 40.0 Å². The van der Waals surface area contributed by atoms with Gasteiger partial charge in [0.2, 0.25) is 5.89 Å². The molecule has 0 unspecified atom stereocenters. The molecule has 0 atom stereocenters. The topological polar surface area (TPSA) is 75.6 Å². The quantitative estimate of drug-likeness (QED) is 0.339. The van der Waals surface area contributed by atoms with E-state index in [0.29, 0.717) is 18.5 Å². The highest BCUT2D eigenvalue weighted by molar-refractivity contribution is 14.0. The summed E-state index contributed by atoms with van der Waals surface area (Å²) in [7, 11) is 0. The monoisotopic (exact) mass is 500 g/mol. The van der Waals surface area contributed by atoms with Gasteiger partial charge in [-0.05, 0) is 25.0 Å². The predicted octanol–water partition coefficient (Wildman–Crippen LogP) is 4.79. The largest absolute Gasteiger partial charge is 0.469 e. The first-order valence-electron chi connectivity index (χ1n) is 10.0. The van der Waals surface area contributed by atoms with Crippen LogP contribution in [0.25, 0.3) is 0 Å². The zero-order valence-electron chi connectivity index (χ0n) is 17.2. The van der Waals surface area contributed by atoms with E-state index in [9.17, 15) is 0 Å². The molecule has 2 aromatic rings. The minimum atomic E-state index is -0.0422. The molecule has 0 aromatic carbocycles. The predicted molar refractivity (Wildman–Crippen MR) is 122 cm³/mol. The van der Waals surface area contributed by atoms with E-state index >= 15 is 0 Å². The van der Waals surface area contributed by atoms with E-state index in [1.54, 1.807) is 6.26 Å². The van der Waals surface area contributed by atoms with Crippen LogP contribution >= 0.6 is 24.0 Å². The Bertz CT molecular complexity index is 713. The Morgan fingerprint density at radius 3 is 2.68 bits per heavy atom. The van der Waals surface area contributed by atoms with E-state index in [4.69, 9.17) is 13.8 Å². The fourth-order valence-corrected chi connectivity index (χ4v) is 3.23. The molecule has 7 heteroatoms. The van der Waals surface area contributed by atoms with Crippen LogP contribution in [0.1, 0.15) is 70.3 Å². The minimum absolute atomic E-state index is 0. The molecule has 1 aliphatic rings. The van der Waals surface area contributed by atoms with Crippen LogP contribution in [0, 0.1) is 0 Å². The molecule has 2 aromatic heterocycles.